The van der Waals surface area contributed by atoms with E-state index in [-0.39, 0.29) is 28.5 Å². The van der Waals surface area contributed by atoms with Crippen molar-refractivity contribution in [1.29, 1.82) is 0 Å². The van der Waals surface area contributed by atoms with Crippen LogP contribution >= 0.6 is 0 Å². The van der Waals surface area contributed by atoms with Gasteiger partial charge in [-0.25, -0.2) is 0 Å². The van der Waals surface area contributed by atoms with Crippen LogP contribution < -0.4 is 0 Å². The Hall–Kier alpha value is -0.580. The standard InChI is InChI=1S/C29H48O8/c1-26(2)19-8-7-16-13-28(5,21-15-34-27(3,4)37-21)11-9-17(16)29(19,6)12-10-20(26)36-25-24(33)23(32)22(31)18(14-30)35-25/h13,17-25,30-33H,7-12,14-15H2,1-6H3/t17-,18-,19-,20-,21?,22-,23+,24-,25+,28+,29+/m1/s1. The maximum Gasteiger partial charge on any atom is 0.186 e. The van der Waals surface area contributed by atoms with Gasteiger partial charge in [-0.3, -0.25) is 0 Å². The molecule has 0 bridgehead atoms. The van der Waals surface area contributed by atoms with Gasteiger partial charge < -0.3 is 39.4 Å². The van der Waals surface area contributed by atoms with Gasteiger partial charge in [-0.1, -0.05) is 39.3 Å². The summed E-state index contributed by atoms with van der Waals surface area (Å²) in [5.41, 5.74) is 1.54. The summed E-state index contributed by atoms with van der Waals surface area (Å²) >= 11 is 0. The monoisotopic (exact) mass is 524 g/mol. The van der Waals surface area contributed by atoms with Crippen molar-refractivity contribution in [3.8, 4) is 0 Å². The predicted octanol–water partition coefficient (Wildman–Crippen LogP) is 2.90. The van der Waals surface area contributed by atoms with Crippen molar-refractivity contribution < 1.29 is 39.4 Å². The van der Waals surface area contributed by atoms with E-state index in [0.29, 0.717) is 18.4 Å². The van der Waals surface area contributed by atoms with Crippen LogP contribution in [-0.2, 0) is 18.9 Å². The minimum Gasteiger partial charge on any atom is -0.394 e. The summed E-state index contributed by atoms with van der Waals surface area (Å²) in [7, 11) is 0. The van der Waals surface area contributed by atoms with E-state index >= 15 is 0 Å². The summed E-state index contributed by atoms with van der Waals surface area (Å²) in [6, 6.07) is 0. The Labute approximate surface area is 221 Å². The van der Waals surface area contributed by atoms with Gasteiger partial charge in [0.1, 0.15) is 24.4 Å². The number of aliphatic hydroxyl groups excluding tert-OH is 4. The Bertz CT molecular complexity index is 885. The molecule has 2 aliphatic heterocycles. The van der Waals surface area contributed by atoms with Gasteiger partial charge in [0.2, 0.25) is 0 Å². The van der Waals surface area contributed by atoms with Gasteiger partial charge in [0, 0.05) is 5.41 Å². The quantitative estimate of drug-likeness (QED) is 0.328. The van der Waals surface area contributed by atoms with E-state index in [4.69, 9.17) is 18.9 Å². The second kappa shape index (κ2) is 9.51. The molecule has 5 rings (SSSR count). The second-order valence-corrected chi connectivity index (χ2v) is 13.9. The van der Waals surface area contributed by atoms with E-state index in [2.05, 4.69) is 33.8 Å². The third-order valence-corrected chi connectivity index (χ3v) is 10.8. The molecular formula is C29H48O8. The first-order valence-corrected chi connectivity index (χ1v) is 14.2. The molecule has 0 aromatic heterocycles. The zero-order valence-electron chi connectivity index (χ0n) is 23.4. The fourth-order valence-electron chi connectivity index (χ4n) is 8.58. The fourth-order valence-corrected chi connectivity index (χ4v) is 8.58. The van der Waals surface area contributed by atoms with Crippen LogP contribution in [-0.4, -0.2) is 82.3 Å². The molecule has 0 aromatic carbocycles. The van der Waals surface area contributed by atoms with Crippen molar-refractivity contribution in [3.63, 3.8) is 0 Å². The third kappa shape index (κ3) is 4.63. The number of aliphatic hydroxyl groups is 4. The molecule has 8 nitrogen and oxygen atoms in total. The maximum atomic E-state index is 10.6. The van der Waals surface area contributed by atoms with Crippen molar-refractivity contribution in [2.75, 3.05) is 13.2 Å². The molecule has 11 atom stereocenters. The van der Waals surface area contributed by atoms with Crippen LogP contribution in [0.15, 0.2) is 11.6 Å². The number of hydrogen-bond acceptors (Lipinski definition) is 8. The lowest BCUT2D eigenvalue weighted by Gasteiger charge is -2.62. The first-order valence-electron chi connectivity index (χ1n) is 14.2. The van der Waals surface area contributed by atoms with Crippen LogP contribution in [0.1, 0.15) is 80.1 Å². The van der Waals surface area contributed by atoms with E-state index in [1.165, 1.54) is 0 Å². The Kier molecular flexibility index (Phi) is 7.19. The summed E-state index contributed by atoms with van der Waals surface area (Å²) in [6.07, 6.45) is 2.42. The molecule has 0 aromatic rings. The highest BCUT2D eigenvalue weighted by Gasteiger charge is 2.59. The Morgan fingerprint density at radius 1 is 0.946 bits per heavy atom. The first-order chi connectivity index (χ1) is 17.2. The van der Waals surface area contributed by atoms with Gasteiger partial charge in [0.15, 0.2) is 12.1 Å². The van der Waals surface area contributed by atoms with Crippen LogP contribution in [0.3, 0.4) is 0 Å². The van der Waals surface area contributed by atoms with Gasteiger partial charge >= 0.3 is 0 Å². The van der Waals surface area contributed by atoms with Gasteiger partial charge in [-0.15, -0.1) is 0 Å². The topological polar surface area (TPSA) is 118 Å². The number of fused-ring (bicyclic) bond motifs is 3. The summed E-state index contributed by atoms with van der Waals surface area (Å²) in [5.74, 6) is 0.443. The number of rotatable bonds is 4. The average Bonchev–Trinajstić information content (AvgIpc) is 3.21. The molecule has 1 unspecified atom stereocenters. The van der Waals surface area contributed by atoms with Crippen molar-refractivity contribution >= 4 is 0 Å². The van der Waals surface area contributed by atoms with E-state index in [9.17, 15) is 20.4 Å². The van der Waals surface area contributed by atoms with Crippen LogP contribution in [0.4, 0.5) is 0 Å². The van der Waals surface area contributed by atoms with Crippen molar-refractivity contribution in [2.24, 2.45) is 28.1 Å². The lowest BCUT2D eigenvalue weighted by atomic mass is 9.45. The summed E-state index contributed by atoms with van der Waals surface area (Å²) in [6.45, 7) is 13.5. The van der Waals surface area contributed by atoms with Gasteiger partial charge in [0.25, 0.3) is 0 Å². The smallest absolute Gasteiger partial charge is 0.186 e. The molecule has 0 spiro atoms. The molecule has 2 saturated carbocycles. The maximum absolute atomic E-state index is 10.6. The normalized spacial score (nSPS) is 51.2. The molecule has 4 N–H and O–H groups in total. The molecule has 8 heteroatoms. The Morgan fingerprint density at radius 2 is 1.68 bits per heavy atom. The molecule has 2 heterocycles. The molecule has 2 saturated heterocycles. The van der Waals surface area contributed by atoms with E-state index in [1.807, 2.05) is 13.8 Å². The first kappa shape index (κ1) is 28.0. The molecule has 5 aliphatic rings. The van der Waals surface area contributed by atoms with Crippen LogP contribution in [0.25, 0.3) is 0 Å². The van der Waals surface area contributed by atoms with Crippen LogP contribution in [0, 0.1) is 28.1 Å². The summed E-state index contributed by atoms with van der Waals surface area (Å²) < 4.78 is 24.3. The molecule has 0 amide bonds. The minimum absolute atomic E-state index is 0.0122. The lowest BCUT2D eigenvalue weighted by Crippen LogP contribution is -2.62. The Balaban J connectivity index is 1.32. The van der Waals surface area contributed by atoms with Gasteiger partial charge in [-0.2, -0.15) is 0 Å². The molecule has 4 fully saturated rings. The van der Waals surface area contributed by atoms with Crippen molar-refractivity contribution in [2.45, 2.75) is 129 Å². The second-order valence-electron chi connectivity index (χ2n) is 13.9. The fraction of sp³-hybridized carbons (Fsp3) is 0.931. The third-order valence-electron chi connectivity index (χ3n) is 10.8. The van der Waals surface area contributed by atoms with E-state index in [1.54, 1.807) is 5.57 Å². The summed E-state index contributed by atoms with van der Waals surface area (Å²) in [5, 5.41) is 40.5. The molecular weight excluding hydrogens is 476 g/mol. The Morgan fingerprint density at radius 3 is 2.32 bits per heavy atom. The highest BCUT2D eigenvalue weighted by Crippen LogP contribution is 2.64. The minimum atomic E-state index is -1.42. The molecule has 212 valence electrons. The number of hydrogen-bond donors (Lipinski definition) is 4. The molecule has 37 heavy (non-hydrogen) atoms. The highest BCUT2D eigenvalue weighted by atomic mass is 16.7. The zero-order valence-corrected chi connectivity index (χ0v) is 23.4. The van der Waals surface area contributed by atoms with Crippen LogP contribution in [0.5, 0.6) is 0 Å². The average molecular weight is 525 g/mol. The van der Waals surface area contributed by atoms with Crippen LogP contribution in [0.2, 0.25) is 0 Å². The van der Waals surface area contributed by atoms with E-state index in [0.717, 1.165) is 38.5 Å². The van der Waals surface area contributed by atoms with Gasteiger partial charge in [-0.05, 0) is 75.0 Å². The van der Waals surface area contributed by atoms with Gasteiger partial charge in [0.05, 0.1) is 25.4 Å². The largest absolute Gasteiger partial charge is 0.394 e. The number of ether oxygens (including phenoxy) is 4. The predicted molar refractivity (Wildman–Crippen MR) is 136 cm³/mol. The van der Waals surface area contributed by atoms with Crippen molar-refractivity contribution in [1.82, 2.24) is 0 Å². The highest BCUT2D eigenvalue weighted by molar-refractivity contribution is 5.26. The SMILES string of the molecule is CC1(C)OCC([C@]2(C)C=C3CC[C@@H]4C(C)(C)[C@H](O[C@@H]5O[C@H](CO)[C@@H](O)[C@H](O)[C@H]5O)CC[C@@]4(C)[C@@H]3CC2)O1. The summed E-state index contributed by atoms with van der Waals surface area (Å²) in [4.78, 5) is 0. The van der Waals surface area contributed by atoms with E-state index < -0.39 is 43.1 Å². The van der Waals surface area contributed by atoms with Crippen molar-refractivity contribution in [3.05, 3.63) is 11.6 Å². The molecule has 0 radical (unpaired) electrons. The zero-order chi connectivity index (χ0) is 27.0. The lowest BCUT2D eigenvalue weighted by molar-refractivity contribution is -0.327. The molecule has 3 aliphatic carbocycles. The number of allylic oxidation sites excluding steroid dienone is 1.